The second-order valence-electron chi connectivity index (χ2n) is 8.99. The van der Waals surface area contributed by atoms with E-state index in [0.29, 0.717) is 18.7 Å². The Labute approximate surface area is 182 Å². The lowest BCUT2D eigenvalue weighted by Gasteiger charge is -2.38. The quantitative estimate of drug-likeness (QED) is 0.741. The number of benzene rings is 1. The number of amides is 3. The van der Waals surface area contributed by atoms with E-state index in [4.69, 9.17) is 5.73 Å². The Morgan fingerprint density at radius 1 is 1.32 bits per heavy atom. The molecule has 8 nitrogen and oxygen atoms in total. The van der Waals surface area contributed by atoms with Crippen molar-refractivity contribution in [3.05, 3.63) is 35.4 Å². The van der Waals surface area contributed by atoms with Gasteiger partial charge in [0.05, 0.1) is 18.2 Å². The molecule has 2 bridgehead atoms. The predicted octanol–water partition coefficient (Wildman–Crippen LogP) is 1.28. The molecule has 5 atom stereocenters. The number of fused-ring (bicyclic) bond motifs is 2. The Kier molecular flexibility index (Phi) is 5.71. The molecule has 31 heavy (non-hydrogen) atoms. The average molecular weight is 424 g/mol. The summed E-state index contributed by atoms with van der Waals surface area (Å²) in [7, 11) is 0. The summed E-state index contributed by atoms with van der Waals surface area (Å²) in [5.41, 5.74) is 6.73. The molecule has 3 aliphatic heterocycles. The molecule has 0 saturated carbocycles. The smallest absolute Gasteiger partial charge is 0.248 e. The van der Waals surface area contributed by atoms with E-state index in [1.165, 1.54) is 0 Å². The molecule has 1 aromatic carbocycles. The molecule has 3 aliphatic rings. The Morgan fingerprint density at radius 3 is 2.77 bits per heavy atom. The largest absolute Gasteiger partial charge is 0.366 e. The third kappa shape index (κ3) is 3.79. The van der Waals surface area contributed by atoms with Crippen LogP contribution in [0.15, 0.2) is 24.3 Å². The van der Waals surface area contributed by atoms with Gasteiger partial charge in [0.15, 0.2) is 0 Å². The highest BCUT2D eigenvalue weighted by Crippen LogP contribution is 2.38. The Balaban J connectivity index is 1.41. The van der Waals surface area contributed by atoms with Crippen LogP contribution in [0.4, 0.5) is 0 Å². The van der Waals surface area contributed by atoms with Gasteiger partial charge in [-0.25, -0.2) is 0 Å². The molecule has 1 aromatic rings. The van der Waals surface area contributed by atoms with Crippen molar-refractivity contribution < 1.29 is 14.4 Å². The molecule has 164 valence electrons. The highest BCUT2D eigenvalue weighted by molar-refractivity contribution is 5.93. The van der Waals surface area contributed by atoms with Crippen LogP contribution in [0.3, 0.4) is 0 Å². The van der Waals surface area contributed by atoms with Crippen LogP contribution in [0.1, 0.15) is 55.1 Å². The number of piperazine rings is 1. The Morgan fingerprint density at radius 2 is 2.10 bits per heavy atom. The monoisotopic (exact) mass is 423 g/mol. The zero-order chi connectivity index (χ0) is 22.3. The van der Waals surface area contributed by atoms with Crippen LogP contribution in [0.5, 0.6) is 0 Å². The topological polar surface area (TPSA) is 111 Å². The zero-order valence-corrected chi connectivity index (χ0v) is 18.0. The summed E-state index contributed by atoms with van der Waals surface area (Å²) < 4.78 is 0. The lowest BCUT2D eigenvalue weighted by molar-refractivity contribution is -0.142. The maximum atomic E-state index is 13.2. The van der Waals surface area contributed by atoms with E-state index in [1.54, 1.807) is 23.1 Å². The van der Waals surface area contributed by atoms with E-state index in [0.717, 1.165) is 31.4 Å². The fraction of sp³-hybridized carbons (Fsp3) is 0.565. The fourth-order valence-corrected chi connectivity index (χ4v) is 5.39. The van der Waals surface area contributed by atoms with Crippen molar-refractivity contribution in [3.8, 4) is 6.07 Å². The standard InChI is InChI=1S/C23H29N5O3/c1-14(22(30)27-8-4-7-18(27)11-24)12-26-13-19-10-20(26)23(31)28(19)15(2)16-5-3-6-17(9-16)21(25)29/h3,5-6,9,14-15,18-20H,4,7-8,10,12-13H2,1-2H3,(H2,25,29)/t14-,15+,18-,19+,20+/m0/s1. The first-order valence-corrected chi connectivity index (χ1v) is 11.0. The molecular formula is C23H29N5O3. The number of hydrogen-bond donors (Lipinski definition) is 1. The Hall–Kier alpha value is -2.92. The molecule has 0 aliphatic carbocycles. The van der Waals surface area contributed by atoms with Gasteiger partial charge in [-0.15, -0.1) is 0 Å². The van der Waals surface area contributed by atoms with Crippen LogP contribution in [-0.4, -0.2) is 70.2 Å². The molecule has 3 amide bonds. The summed E-state index contributed by atoms with van der Waals surface area (Å²) in [5, 5.41) is 9.26. The van der Waals surface area contributed by atoms with Gasteiger partial charge in [-0.3, -0.25) is 19.3 Å². The molecule has 3 heterocycles. The van der Waals surface area contributed by atoms with Gasteiger partial charge >= 0.3 is 0 Å². The second kappa shape index (κ2) is 8.31. The number of nitrogens with zero attached hydrogens (tertiary/aromatic N) is 4. The number of primary amides is 1. The summed E-state index contributed by atoms with van der Waals surface area (Å²) in [5.74, 6) is -0.652. The second-order valence-corrected chi connectivity index (χ2v) is 8.99. The van der Waals surface area contributed by atoms with Crippen LogP contribution in [0.25, 0.3) is 0 Å². The molecular weight excluding hydrogens is 394 g/mol. The van der Waals surface area contributed by atoms with Gasteiger partial charge in [-0.2, -0.15) is 5.26 Å². The first kappa shape index (κ1) is 21.3. The highest BCUT2D eigenvalue weighted by Gasteiger charge is 2.51. The third-order valence-corrected chi connectivity index (χ3v) is 7.00. The predicted molar refractivity (Wildman–Crippen MR) is 113 cm³/mol. The molecule has 0 radical (unpaired) electrons. The lowest BCUT2D eigenvalue weighted by atomic mass is 10.0. The first-order valence-electron chi connectivity index (χ1n) is 11.0. The number of rotatable bonds is 6. The van der Waals surface area contributed by atoms with Crippen LogP contribution in [0, 0.1) is 17.2 Å². The van der Waals surface area contributed by atoms with Crippen LogP contribution >= 0.6 is 0 Å². The average Bonchev–Trinajstić information content (AvgIpc) is 3.47. The molecule has 3 saturated heterocycles. The van der Waals surface area contributed by atoms with Crippen molar-refractivity contribution in [2.45, 2.75) is 57.3 Å². The Bertz CT molecular complexity index is 941. The van der Waals surface area contributed by atoms with Crippen LogP contribution in [-0.2, 0) is 9.59 Å². The van der Waals surface area contributed by atoms with Crippen molar-refractivity contribution in [3.63, 3.8) is 0 Å². The van der Waals surface area contributed by atoms with Crippen molar-refractivity contribution in [2.24, 2.45) is 11.7 Å². The van der Waals surface area contributed by atoms with Crippen LogP contribution in [0.2, 0.25) is 0 Å². The molecule has 0 unspecified atom stereocenters. The maximum absolute atomic E-state index is 13.2. The SMILES string of the molecule is C[C@H](c1cccc(C(N)=O)c1)N1C(=O)[C@H]2C[C@@H]1CN2C[C@H](C)C(=O)N1CCC[C@H]1C#N. The summed E-state index contributed by atoms with van der Waals surface area (Å²) >= 11 is 0. The minimum Gasteiger partial charge on any atom is -0.366 e. The van der Waals surface area contributed by atoms with E-state index in [2.05, 4.69) is 11.0 Å². The molecule has 3 fully saturated rings. The van der Waals surface area contributed by atoms with E-state index >= 15 is 0 Å². The van der Waals surface area contributed by atoms with Crippen molar-refractivity contribution >= 4 is 17.7 Å². The number of nitriles is 1. The molecule has 8 heteroatoms. The maximum Gasteiger partial charge on any atom is 0.248 e. The highest BCUT2D eigenvalue weighted by atomic mass is 16.2. The summed E-state index contributed by atoms with van der Waals surface area (Å²) in [6.45, 7) is 5.77. The van der Waals surface area contributed by atoms with Gasteiger partial charge in [0.2, 0.25) is 17.7 Å². The zero-order valence-electron chi connectivity index (χ0n) is 18.0. The van der Waals surface area contributed by atoms with E-state index in [1.807, 2.05) is 24.8 Å². The minimum absolute atomic E-state index is 0.00719. The van der Waals surface area contributed by atoms with Gasteiger partial charge in [-0.05, 0) is 43.9 Å². The number of carbonyl (C=O) groups is 3. The lowest BCUT2D eigenvalue weighted by Crippen LogP contribution is -2.53. The van der Waals surface area contributed by atoms with Crippen LogP contribution < -0.4 is 5.73 Å². The first-order chi connectivity index (χ1) is 14.8. The summed E-state index contributed by atoms with van der Waals surface area (Å²) in [6, 6.07) is 8.76. The minimum atomic E-state index is -0.482. The van der Waals surface area contributed by atoms with Gasteiger partial charge in [0.1, 0.15) is 6.04 Å². The van der Waals surface area contributed by atoms with Crippen molar-refractivity contribution in [1.29, 1.82) is 5.26 Å². The fourth-order valence-electron chi connectivity index (χ4n) is 5.39. The van der Waals surface area contributed by atoms with Gasteiger partial charge in [0.25, 0.3) is 0 Å². The van der Waals surface area contributed by atoms with E-state index in [9.17, 15) is 19.6 Å². The van der Waals surface area contributed by atoms with Crippen molar-refractivity contribution in [1.82, 2.24) is 14.7 Å². The molecule has 0 spiro atoms. The number of nitrogens with two attached hydrogens (primary N) is 1. The van der Waals surface area contributed by atoms with Crippen molar-refractivity contribution in [2.75, 3.05) is 19.6 Å². The van der Waals surface area contributed by atoms with E-state index in [-0.39, 0.29) is 41.9 Å². The number of carbonyl (C=O) groups excluding carboxylic acids is 3. The third-order valence-electron chi connectivity index (χ3n) is 7.00. The van der Waals surface area contributed by atoms with E-state index < -0.39 is 5.91 Å². The molecule has 0 aromatic heterocycles. The van der Waals surface area contributed by atoms with Gasteiger partial charge in [0, 0.05) is 37.2 Å². The number of hydrogen-bond acceptors (Lipinski definition) is 5. The summed E-state index contributed by atoms with van der Waals surface area (Å²) in [6.07, 6.45) is 2.36. The van der Waals surface area contributed by atoms with Gasteiger partial charge < -0.3 is 15.5 Å². The number of likely N-dealkylation sites (tertiary alicyclic amines) is 3. The molecule has 4 rings (SSSR count). The summed E-state index contributed by atoms with van der Waals surface area (Å²) in [4.78, 5) is 43.3. The normalized spacial score (nSPS) is 27.4. The van der Waals surface area contributed by atoms with Gasteiger partial charge in [-0.1, -0.05) is 19.1 Å². The molecule has 2 N–H and O–H groups in total.